The number of nitrogens with zero attached hydrogens (tertiary/aromatic N) is 1. The molecule has 0 aliphatic heterocycles. The van der Waals surface area contributed by atoms with Crippen LogP contribution in [-0.2, 0) is 11.2 Å². The van der Waals surface area contributed by atoms with E-state index in [4.69, 9.17) is 9.47 Å². The molecular formula is C22H22N2O4. The van der Waals surface area contributed by atoms with Crippen molar-refractivity contribution in [3.63, 3.8) is 0 Å². The van der Waals surface area contributed by atoms with Gasteiger partial charge in [0, 0.05) is 11.3 Å². The lowest BCUT2D eigenvalue weighted by Gasteiger charge is -2.11. The molecule has 0 fully saturated rings. The summed E-state index contributed by atoms with van der Waals surface area (Å²) >= 11 is 0. The first-order valence-electron chi connectivity index (χ1n) is 8.69. The molecule has 2 aromatic rings. The molecule has 0 aliphatic carbocycles. The predicted octanol–water partition coefficient (Wildman–Crippen LogP) is 4.07. The Labute approximate surface area is 164 Å². The van der Waals surface area contributed by atoms with Crippen LogP contribution in [-0.4, -0.2) is 24.7 Å². The van der Waals surface area contributed by atoms with E-state index in [1.807, 2.05) is 6.07 Å². The number of methoxy groups -OCH3 is 1. The van der Waals surface area contributed by atoms with Crippen LogP contribution in [0.3, 0.4) is 0 Å². The van der Waals surface area contributed by atoms with Crippen molar-refractivity contribution in [2.45, 2.75) is 13.3 Å². The highest BCUT2D eigenvalue weighted by atomic mass is 16.5. The zero-order chi connectivity index (χ0) is 20.5. The molecule has 0 atom stereocenters. The SMILES string of the molecule is C=CCc1cc(C=C(C#N)C(=O)Nc2ccc(OC)cc2)cc(OCC)c1O. The number of allylic oxidation sites excluding steroid dienone is 1. The zero-order valence-corrected chi connectivity index (χ0v) is 15.9. The van der Waals surface area contributed by atoms with Crippen molar-refractivity contribution in [1.82, 2.24) is 0 Å². The van der Waals surface area contributed by atoms with Crippen LogP contribution in [0.5, 0.6) is 17.2 Å². The first-order chi connectivity index (χ1) is 13.5. The van der Waals surface area contributed by atoms with E-state index >= 15 is 0 Å². The molecule has 0 saturated heterocycles. The molecule has 0 spiro atoms. The van der Waals surface area contributed by atoms with E-state index in [9.17, 15) is 15.2 Å². The predicted molar refractivity (Wildman–Crippen MR) is 108 cm³/mol. The molecule has 0 bridgehead atoms. The van der Waals surface area contributed by atoms with Gasteiger partial charge in [0.1, 0.15) is 17.4 Å². The number of phenolic OH excluding ortho intramolecular Hbond substituents is 1. The molecule has 0 aliphatic rings. The van der Waals surface area contributed by atoms with E-state index in [1.165, 1.54) is 6.08 Å². The smallest absolute Gasteiger partial charge is 0.266 e. The Morgan fingerprint density at radius 1 is 1.32 bits per heavy atom. The average molecular weight is 378 g/mol. The molecule has 0 saturated carbocycles. The Morgan fingerprint density at radius 3 is 2.61 bits per heavy atom. The fourth-order valence-electron chi connectivity index (χ4n) is 2.54. The van der Waals surface area contributed by atoms with Crippen LogP contribution in [0.2, 0.25) is 0 Å². The standard InChI is InChI=1S/C22H22N2O4/c1-4-6-16-11-15(13-20(21(16)25)28-5-2)12-17(14-23)22(26)24-18-7-9-19(27-3)10-8-18/h4,7-13,25H,1,5-6H2,2-3H3,(H,24,26). The van der Waals surface area contributed by atoms with Crippen LogP contribution >= 0.6 is 0 Å². The molecule has 144 valence electrons. The lowest BCUT2D eigenvalue weighted by atomic mass is 10.0. The molecule has 2 N–H and O–H groups in total. The molecule has 1 amide bonds. The van der Waals surface area contributed by atoms with Crippen molar-refractivity contribution in [1.29, 1.82) is 5.26 Å². The Kier molecular flexibility index (Phi) is 7.23. The number of rotatable bonds is 8. The summed E-state index contributed by atoms with van der Waals surface area (Å²) in [6, 6.07) is 12.0. The molecule has 0 radical (unpaired) electrons. The van der Waals surface area contributed by atoms with Crippen molar-refractivity contribution in [2.24, 2.45) is 0 Å². The van der Waals surface area contributed by atoms with E-state index in [2.05, 4.69) is 11.9 Å². The minimum Gasteiger partial charge on any atom is -0.504 e. The molecule has 2 aromatic carbocycles. The lowest BCUT2D eigenvalue weighted by Crippen LogP contribution is -2.13. The normalized spacial score (nSPS) is 10.7. The molecule has 6 heteroatoms. The Bertz CT molecular complexity index is 925. The van der Waals surface area contributed by atoms with Gasteiger partial charge in [-0.1, -0.05) is 6.08 Å². The number of hydrogen-bond acceptors (Lipinski definition) is 5. The van der Waals surface area contributed by atoms with Gasteiger partial charge < -0.3 is 19.9 Å². The molecule has 0 unspecified atom stereocenters. The highest BCUT2D eigenvalue weighted by Crippen LogP contribution is 2.33. The summed E-state index contributed by atoms with van der Waals surface area (Å²) in [5, 5.41) is 22.4. The third-order valence-electron chi connectivity index (χ3n) is 3.86. The minimum absolute atomic E-state index is 0.0279. The fourth-order valence-corrected chi connectivity index (χ4v) is 2.54. The summed E-state index contributed by atoms with van der Waals surface area (Å²) < 4.78 is 10.5. The molecule has 6 nitrogen and oxygen atoms in total. The van der Waals surface area contributed by atoms with Gasteiger partial charge in [0.25, 0.3) is 5.91 Å². The highest BCUT2D eigenvalue weighted by molar-refractivity contribution is 6.09. The fraction of sp³-hybridized carbons (Fsp3) is 0.182. The van der Waals surface area contributed by atoms with Gasteiger partial charge in [-0.15, -0.1) is 6.58 Å². The van der Waals surface area contributed by atoms with E-state index in [1.54, 1.807) is 56.5 Å². The number of nitrogens with one attached hydrogen (secondary N) is 1. The number of aromatic hydroxyl groups is 1. The van der Waals surface area contributed by atoms with Crippen molar-refractivity contribution in [2.75, 3.05) is 19.0 Å². The number of phenols is 1. The van der Waals surface area contributed by atoms with E-state index in [0.717, 1.165) is 0 Å². The van der Waals surface area contributed by atoms with Gasteiger partial charge in [0.2, 0.25) is 0 Å². The summed E-state index contributed by atoms with van der Waals surface area (Å²) in [6.45, 7) is 5.85. The van der Waals surface area contributed by atoms with E-state index in [-0.39, 0.29) is 11.3 Å². The average Bonchev–Trinajstić information content (AvgIpc) is 2.70. The summed E-state index contributed by atoms with van der Waals surface area (Å²) in [7, 11) is 1.55. The maximum Gasteiger partial charge on any atom is 0.266 e. The van der Waals surface area contributed by atoms with Gasteiger partial charge in [0.15, 0.2) is 11.5 Å². The van der Waals surface area contributed by atoms with Crippen LogP contribution in [0.1, 0.15) is 18.1 Å². The second kappa shape index (κ2) is 9.83. The highest BCUT2D eigenvalue weighted by Gasteiger charge is 2.13. The first-order valence-corrected chi connectivity index (χ1v) is 8.69. The third kappa shape index (κ3) is 5.15. The number of ether oxygens (including phenoxy) is 2. The Hall–Kier alpha value is -3.72. The summed E-state index contributed by atoms with van der Waals surface area (Å²) in [4.78, 5) is 12.5. The van der Waals surface area contributed by atoms with Crippen LogP contribution < -0.4 is 14.8 Å². The Morgan fingerprint density at radius 2 is 2.04 bits per heavy atom. The van der Waals surface area contributed by atoms with Crippen molar-refractivity contribution in [3.8, 4) is 23.3 Å². The number of anilines is 1. The second-order valence-corrected chi connectivity index (χ2v) is 5.81. The quantitative estimate of drug-likeness (QED) is 0.410. The summed E-state index contributed by atoms with van der Waals surface area (Å²) in [5.74, 6) is 0.446. The van der Waals surface area contributed by atoms with Gasteiger partial charge in [0.05, 0.1) is 13.7 Å². The van der Waals surface area contributed by atoms with Crippen molar-refractivity contribution < 1.29 is 19.4 Å². The van der Waals surface area contributed by atoms with Crippen molar-refractivity contribution >= 4 is 17.7 Å². The number of hydrogen-bond donors (Lipinski definition) is 2. The number of nitriles is 1. The molecular weight excluding hydrogens is 356 g/mol. The number of carbonyl (C=O) groups excluding carboxylic acids is 1. The van der Waals surface area contributed by atoms with Crippen LogP contribution in [0, 0.1) is 11.3 Å². The summed E-state index contributed by atoms with van der Waals surface area (Å²) in [5.41, 5.74) is 1.63. The van der Waals surface area contributed by atoms with Gasteiger partial charge in [-0.3, -0.25) is 4.79 Å². The van der Waals surface area contributed by atoms with E-state index < -0.39 is 5.91 Å². The number of carbonyl (C=O) groups is 1. The molecule has 0 aromatic heterocycles. The largest absolute Gasteiger partial charge is 0.504 e. The number of amides is 1. The maximum absolute atomic E-state index is 12.5. The Balaban J connectivity index is 2.32. The van der Waals surface area contributed by atoms with Crippen LogP contribution in [0.25, 0.3) is 6.08 Å². The third-order valence-corrected chi connectivity index (χ3v) is 3.86. The monoisotopic (exact) mass is 378 g/mol. The van der Waals surface area contributed by atoms with Gasteiger partial charge in [-0.25, -0.2) is 0 Å². The maximum atomic E-state index is 12.5. The van der Waals surface area contributed by atoms with Crippen molar-refractivity contribution in [3.05, 3.63) is 65.8 Å². The topological polar surface area (TPSA) is 91.6 Å². The van der Waals surface area contributed by atoms with Crippen LogP contribution in [0.15, 0.2) is 54.6 Å². The van der Waals surface area contributed by atoms with Gasteiger partial charge >= 0.3 is 0 Å². The summed E-state index contributed by atoms with van der Waals surface area (Å²) in [6.07, 6.45) is 3.53. The van der Waals surface area contributed by atoms with Gasteiger partial charge in [-0.2, -0.15) is 5.26 Å². The minimum atomic E-state index is -0.538. The molecule has 2 rings (SSSR count). The van der Waals surface area contributed by atoms with Crippen LogP contribution in [0.4, 0.5) is 5.69 Å². The second-order valence-electron chi connectivity index (χ2n) is 5.81. The number of benzene rings is 2. The molecule has 0 heterocycles. The first kappa shape index (κ1) is 20.6. The lowest BCUT2D eigenvalue weighted by molar-refractivity contribution is -0.112. The molecule has 28 heavy (non-hydrogen) atoms. The van der Waals surface area contributed by atoms with Gasteiger partial charge in [-0.05, 0) is 61.4 Å². The van der Waals surface area contributed by atoms with E-state index in [0.29, 0.717) is 41.3 Å². The zero-order valence-electron chi connectivity index (χ0n) is 15.9.